The average molecular weight is 210 g/mol. The first kappa shape index (κ1) is 9.97. The second-order valence-corrected chi connectivity index (χ2v) is 4.97. The molecule has 3 heteroatoms. The van der Waals surface area contributed by atoms with Crippen molar-refractivity contribution in [2.75, 3.05) is 0 Å². The van der Waals surface area contributed by atoms with Crippen molar-refractivity contribution < 1.29 is 0 Å². The van der Waals surface area contributed by atoms with Crippen molar-refractivity contribution in [3.05, 3.63) is 16.7 Å². The Labute approximate surface area is 90.3 Å². The molecule has 0 spiro atoms. The van der Waals surface area contributed by atoms with Crippen molar-refractivity contribution in [2.24, 2.45) is 0 Å². The summed E-state index contributed by atoms with van der Waals surface area (Å²) in [6, 6.07) is 0. The van der Waals surface area contributed by atoms with Crippen molar-refractivity contribution in [3.63, 3.8) is 0 Å². The van der Waals surface area contributed by atoms with Crippen LogP contribution in [0.1, 0.15) is 51.6 Å². The zero-order valence-corrected chi connectivity index (χ0v) is 9.95. The van der Waals surface area contributed by atoms with Crippen LogP contribution in [0.4, 0.5) is 0 Å². The van der Waals surface area contributed by atoms with Gasteiger partial charge in [-0.1, -0.05) is 20.8 Å². The van der Waals surface area contributed by atoms with E-state index in [0.717, 1.165) is 4.77 Å². The van der Waals surface area contributed by atoms with Crippen LogP contribution in [-0.4, -0.2) is 9.55 Å². The molecule has 0 bridgehead atoms. The Balaban J connectivity index is 2.51. The van der Waals surface area contributed by atoms with Gasteiger partial charge in [0.2, 0.25) is 0 Å². The molecule has 1 aromatic heterocycles. The van der Waals surface area contributed by atoms with E-state index in [2.05, 4.69) is 36.5 Å². The second-order valence-electron chi connectivity index (χ2n) is 4.59. The molecule has 78 valence electrons. The van der Waals surface area contributed by atoms with Gasteiger partial charge in [0, 0.05) is 17.4 Å². The van der Waals surface area contributed by atoms with Crippen LogP contribution in [0.2, 0.25) is 0 Å². The molecule has 0 aromatic carbocycles. The Kier molecular flexibility index (Phi) is 2.30. The molecule has 14 heavy (non-hydrogen) atoms. The third-order valence-corrected chi connectivity index (χ3v) is 3.66. The first-order valence-electron chi connectivity index (χ1n) is 5.41. The predicted octanol–water partition coefficient (Wildman–Crippen LogP) is 3.57. The highest BCUT2D eigenvalue weighted by molar-refractivity contribution is 7.71. The van der Waals surface area contributed by atoms with Gasteiger partial charge in [0.15, 0.2) is 4.77 Å². The number of hydrogen-bond acceptors (Lipinski definition) is 1. The highest BCUT2D eigenvalue weighted by Gasteiger charge is 2.44. The fraction of sp³-hybridized carbons (Fsp3) is 0.727. The first-order valence-corrected chi connectivity index (χ1v) is 5.82. The Morgan fingerprint density at radius 2 is 2.21 bits per heavy atom. The summed E-state index contributed by atoms with van der Waals surface area (Å²) in [7, 11) is 0. The number of H-pyrrole nitrogens is 1. The van der Waals surface area contributed by atoms with Crippen molar-refractivity contribution in [2.45, 2.75) is 51.5 Å². The van der Waals surface area contributed by atoms with Crippen LogP contribution in [0.25, 0.3) is 0 Å². The molecule has 0 atom stereocenters. The molecule has 1 heterocycles. The van der Waals surface area contributed by atoms with Crippen molar-refractivity contribution in [1.82, 2.24) is 9.55 Å². The standard InChI is InChI=1S/C11H18N2S/c1-4-11(5-6-11)13-9(8(2)3)7-12-10(13)14/h7-8H,4-6H2,1-3H3,(H,12,14). The topological polar surface area (TPSA) is 20.7 Å². The minimum Gasteiger partial charge on any atom is -0.337 e. The van der Waals surface area contributed by atoms with Crippen molar-refractivity contribution in [3.8, 4) is 0 Å². The molecule has 0 unspecified atom stereocenters. The lowest BCUT2D eigenvalue weighted by molar-refractivity contribution is 0.438. The summed E-state index contributed by atoms with van der Waals surface area (Å²) in [6.07, 6.45) is 5.84. The highest BCUT2D eigenvalue weighted by Crippen LogP contribution is 2.48. The van der Waals surface area contributed by atoms with E-state index in [1.54, 1.807) is 0 Å². The van der Waals surface area contributed by atoms with E-state index >= 15 is 0 Å². The van der Waals surface area contributed by atoms with Gasteiger partial charge in [-0.15, -0.1) is 0 Å². The molecule has 0 saturated heterocycles. The average Bonchev–Trinajstić information content (AvgIpc) is 2.84. The SMILES string of the molecule is CCC1(n2c(C(C)C)c[nH]c2=S)CC1. The number of nitrogens with zero attached hydrogens (tertiary/aromatic N) is 1. The van der Waals surface area contributed by atoms with E-state index in [9.17, 15) is 0 Å². The van der Waals surface area contributed by atoms with E-state index in [1.807, 2.05) is 0 Å². The molecule has 0 radical (unpaired) electrons. The summed E-state index contributed by atoms with van der Waals surface area (Å²) >= 11 is 5.35. The zero-order valence-electron chi connectivity index (χ0n) is 9.13. The molecule has 2 rings (SSSR count). The Morgan fingerprint density at radius 3 is 2.64 bits per heavy atom. The highest BCUT2D eigenvalue weighted by atomic mass is 32.1. The predicted molar refractivity (Wildman–Crippen MR) is 61.2 cm³/mol. The Hall–Kier alpha value is -0.570. The number of hydrogen-bond donors (Lipinski definition) is 1. The van der Waals surface area contributed by atoms with Crippen molar-refractivity contribution in [1.29, 1.82) is 0 Å². The largest absolute Gasteiger partial charge is 0.337 e. The lowest BCUT2D eigenvalue weighted by Gasteiger charge is -2.20. The van der Waals surface area contributed by atoms with E-state index < -0.39 is 0 Å². The lowest BCUT2D eigenvalue weighted by atomic mass is 10.1. The Morgan fingerprint density at radius 1 is 1.57 bits per heavy atom. The van der Waals surface area contributed by atoms with E-state index in [4.69, 9.17) is 12.2 Å². The quantitative estimate of drug-likeness (QED) is 0.756. The molecular weight excluding hydrogens is 192 g/mol. The number of aromatic amines is 1. The molecular formula is C11H18N2S. The second kappa shape index (κ2) is 3.23. The number of aromatic nitrogens is 2. The van der Waals surface area contributed by atoms with Gasteiger partial charge in [-0.25, -0.2) is 0 Å². The first-order chi connectivity index (χ1) is 6.60. The lowest BCUT2D eigenvalue weighted by Crippen LogP contribution is -2.19. The normalized spacial score (nSPS) is 18.9. The molecule has 1 aromatic rings. The summed E-state index contributed by atoms with van der Waals surface area (Å²) in [4.78, 5) is 3.18. The zero-order chi connectivity index (χ0) is 10.3. The number of rotatable bonds is 3. The summed E-state index contributed by atoms with van der Waals surface area (Å²) < 4.78 is 3.25. The minimum atomic E-state index is 0.358. The third kappa shape index (κ3) is 1.34. The van der Waals surface area contributed by atoms with Gasteiger partial charge in [0.1, 0.15) is 0 Å². The van der Waals surface area contributed by atoms with Gasteiger partial charge in [-0.2, -0.15) is 0 Å². The summed E-state index contributed by atoms with van der Waals surface area (Å²) in [5.74, 6) is 0.548. The fourth-order valence-electron chi connectivity index (χ4n) is 2.18. The van der Waals surface area contributed by atoms with Crippen molar-refractivity contribution >= 4 is 12.2 Å². The van der Waals surface area contributed by atoms with Gasteiger partial charge in [0.05, 0.1) is 0 Å². The van der Waals surface area contributed by atoms with Crippen LogP contribution >= 0.6 is 12.2 Å². The van der Waals surface area contributed by atoms with E-state index in [0.29, 0.717) is 11.5 Å². The van der Waals surface area contributed by atoms with E-state index in [1.165, 1.54) is 25.0 Å². The summed E-state index contributed by atoms with van der Waals surface area (Å²) in [5, 5.41) is 0. The molecule has 1 aliphatic rings. The van der Waals surface area contributed by atoms with Crippen LogP contribution in [0.15, 0.2) is 6.20 Å². The summed E-state index contributed by atoms with van der Waals surface area (Å²) in [6.45, 7) is 6.70. The number of nitrogens with one attached hydrogen (secondary N) is 1. The van der Waals surface area contributed by atoms with Gasteiger partial charge in [-0.3, -0.25) is 0 Å². The maximum Gasteiger partial charge on any atom is 0.177 e. The maximum atomic E-state index is 5.35. The molecule has 1 saturated carbocycles. The van der Waals surface area contributed by atoms with Crippen LogP contribution in [0, 0.1) is 4.77 Å². The van der Waals surface area contributed by atoms with E-state index in [-0.39, 0.29) is 0 Å². The van der Waals surface area contributed by atoms with Crippen LogP contribution in [0.5, 0.6) is 0 Å². The van der Waals surface area contributed by atoms with Gasteiger partial charge < -0.3 is 9.55 Å². The van der Waals surface area contributed by atoms with Gasteiger partial charge >= 0.3 is 0 Å². The monoisotopic (exact) mass is 210 g/mol. The molecule has 0 amide bonds. The number of imidazole rings is 1. The smallest absolute Gasteiger partial charge is 0.177 e. The van der Waals surface area contributed by atoms with Gasteiger partial charge in [0.25, 0.3) is 0 Å². The Bertz CT molecular complexity index is 382. The fourth-order valence-corrected chi connectivity index (χ4v) is 2.53. The van der Waals surface area contributed by atoms with Crippen LogP contribution in [-0.2, 0) is 5.54 Å². The molecule has 0 aliphatic heterocycles. The van der Waals surface area contributed by atoms with Crippen LogP contribution in [0.3, 0.4) is 0 Å². The van der Waals surface area contributed by atoms with Crippen LogP contribution < -0.4 is 0 Å². The maximum absolute atomic E-state index is 5.35. The molecule has 1 aliphatic carbocycles. The molecule has 1 fully saturated rings. The molecule has 2 nitrogen and oxygen atoms in total. The molecule has 1 N–H and O–H groups in total. The minimum absolute atomic E-state index is 0.358. The summed E-state index contributed by atoms with van der Waals surface area (Å²) in [5.41, 5.74) is 1.71. The third-order valence-electron chi connectivity index (χ3n) is 3.36. The van der Waals surface area contributed by atoms with Gasteiger partial charge in [-0.05, 0) is 37.4 Å².